The first kappa shape index (κ1) is 27.7. The number of unbranched alkanes of at least 4 members (excludes halogenated alkanes) is 3. The molecule has 0 amide bonds. The van der Waals surface area contributed by atoms with Crippen molar-refractivity contribution in [1.82, 2.24) is 0 Å². The van der Waals surface area contributed by atoms with Gasteiger partial charge in [-0.2, -0.15) is 0 Å². The van der Waals surface area contributed by atoms with Gasteiger partial charge < -0.3 is 0 Å². The van der Waals surface area contributed by atoms with Crippen LogP contribution in [0.4, 0.5) is 0 Å². The van der Waals surface area contributed by atoms with Crippen LogP contribution in [-0.2, 0) is 9.47 Å². The molecule has 4 heteroatoms. The van der Waals surface area contributed by atoms with E-state index in [-0.39, 0.29) is 5.41 Å². The van der Waals surface area contributed by atoms with E-state index in [0.29, 0.717) is 13.2 Å². The topological polar surface area (TPSA) is 38.7 Å². The summed E-state index contributed by atoms with van der Waals surface area (Å²) in [7, 11) is 0. The molecule has 0 aromatic rings. The molecule has 0 radical (unpaired) electrons. The first-order chi connectivity index (χ1) is 14.5. The van der Waals surface area contributed by atoms with Gasteiger partial charge in [-0.25, -0.2) is 0 Å². The predicted octanol–water partition coefficient (Wildman–Crippen LogP) is 7.64. The Morgan fingerprint density at radius 2 is 1.29 bits per heavy atom. The van der Waals surface area contributed by atoms with Crippen molar-refractivity contribution >= 4 is 18.4 Å². The van der Waals surface area contributed by atoms with Crippen molar-refractivity contribution in [1.29, 1.82) is 0 Å². The molecule has 1 N–H and O–H groups in total. The fourth-order valence-corrected chi connectivity index (χ4v) is 23.4. The van der Waals surface area contributed by atoms with E-state index in [1.165, 1.54) is 55.4 Å². The Hall–Kier alpha value is 0.419. The second-order valence-electron chi connectivity index (χ2n) is 11.9. The van der Waals surface area contributed by atoms with Gasteiger partial charge in [-0.05, 0) is 0 Å². The normalized spacial score (nSPS) is 27.4. The number of hydrogen-bond donors (Lipinski definition) is 1. The van der Waals surface area contributed by atoms with Crippen molar-refractivity contribution in [2.24, 2.45) is 10.8 Å². The van der Waals surface area contributed by atoms with E-state index in [0.717, 1.165) is 19.3 Å². The van der Waals surface area contributed by atoms with Crippen LogP contribution in [0.5, 0.6) is 0 Å². The van der Waals surface area contributed by atoms with Gasteiger partial charge in [0.05, 0.1) is 0 Å². The third-order valence-electron chi connectivity index (χ3n) is 8.59. The van der Waals surface area contributed by atoms with Crippen LogP contribution in [-0.4, -0.2) is 48.1 Å². The molecule has 0 aromatic heterocycles. The molecule has 1 aliphatic heterocycles. The Morgan fingerprint density at radius 1 is 0.839 bits per heavy atom. The van der Waals surface area contributed by atoms with Gasteiger partial charge in [0, 0.05) is 0 Å². The van der Waals surface area contributed by atoms with Crippen molar-refractivity contribution < 1.29 is 14.6 Å². The summed E-state index contributed by atoms with van der Waals surface area (Å²) < 4.78 is 18.4. The van der Waals surface area contributed by atoms with E-state index in [1.807, 2.05) is 0 Å². The van der Waals surface area contributed by atoms with Crippen LogP contribution in [0, 0.1) is 10.8 Å². The molecule has 1 atom stereocenters. The Kier molecular flexibility index (Phi) is 9.62. The van der Waals surface area contributed by atoms with Crippen LogP contribution in [0.25, 0.3) is 0 Å². The number of ether oxygens (including phenoxy) is 2. The van der Waals surface area contributed by atoms with E-state index in [4.69, 9.17) is 16.1 Å². The Labute approximate surface area is 197 Å². The summed E-state index contributed by atoms with van der Waals surface area (Å²) in [5, 5.41) is 12.5. The zero-order valence-corrected chi connectivity index (χ0v) is 24.7. The van der Waals surface area contributed by atoms with E-state index < -0.39 is 35.2 Å². The summed E-state index contributed by atoms with van der Waals surface area (Å²) in [6, 6.07) is 0. The van der Waals surface area contributed by atoms with E-state index in [9.17, 15) is 5.11 Å². The second-order valence-corrected chi connectivity index (χ2v) is 25.2. The molecule has 1 spiro atoms. The maximum absolute atomic E-state index is 12.5. The fraction of sp³-hybridized carbons (Fsp3) is 0.926. The van der Waals surface area contributed by atoms with Crippen LogP contribution in [0.2, 0.25) is 13.3 Å². The van der Waals surface area contributed by atoms with Crippen LogP contribution in [0.15, 0.2) is 10.2 Å². The van der Waals surface area contributed by atoms with Crippen molar-refractivity contribution in [2.45, 2.75) is 131 Å². The Morgan fingerprint density at radius 3 is 1.71 bits per heavy atom. The third kappa shape index (κ3) is 5.40. The average Bonchev–Trinajstić information content (AvgIpc) is 2.73. The van der Waals surface area contributed by atoms with Gasteiger partial charge >= 0.3 is 198 Å². The van der Waals surface area contributed by atoms with Gasteiger partial charge in [-0.3, -0.25) is 0 Å². The molecule has 0 aromatic carbocycles. The van der Waals surface area contributed by atoms with E-state index in [1.54, 1.807) is 0 Å². The van der Waals surface area contributed by atoms with Crippen molar-refractivity contribution in [3.63, 3.8) is 0 Å². The van der Waals surface area contributed by atoms with Crippen LogP contribution in [0.1, 0.15) is 106 Å². The maximum atomic E-state index is 12.5. The molecule has 2 rings (SSSR count). The SMILES string of the molecule is C=[C](C1(O)CCCC2(OCC(C)(C)CO2)C1(C)C)[Sn]([CH2]CCC)([CH2]CCC)[CH2]CCC. The molecule has 182 valence electrons. The molecular formula is C27H52O3Sn. The van der Waals surface area contributed by atoms with Crippen molar-refractivity contribution in [3.05, 3.63) is 10.2 Å². The summed E-state index contributed by atoms with van der Waals surface area (Å²) in [5.74, 6) is -0.698. The summed E-state index contributed by atoms with van der Waals surface area (Å²) in [6.45, 7) is 21.9. The van der Waals surface area contributed by atoms with Gasteiger partial charge in [-0.15, -0.1) is 0 Å². The number of rotatable bonds is 11. The summed E-state index contributed by atoms with van der Waals surface area (Å²) >= 11 is -2.83. The van der Waals surface area contributed by atoms with Crippen LogP contribution >= 0.6 is 0 Å². The molecular weight excluding hydrogens is 491 g/mol. The molecule has 1 aliphatic carbocycles. The first-order valence-corrected chi connectivity index (χ1v) is 20.6. The number of aliphatic hydroxyl groups is 1. The van der Waals surface area contributed by atoms with Gasteiger partial charge in [0.2, 0.25) is 0 Å². The van der Waals surface area contributed by atoms with E-state index >= 15 is 0 Å². The zero-order valence-electron chi connectivity index (χ0n) is 21.9. The second kappa shape index (κ2) is 10.8. The first-order valence-electron chi connectivity index (χ1n) is 13.2. The molecule has 1 unspecified atom stereocenters. The minimum absolute atomic E-state index is 0.0280. The standard InChI is InChI=1S/C15H25O3.3C4H9.Sn/c1-6-14(16)8-7-9-15(13(14,4)5)17-10-12(2,3)11-18-15;3*1-3-4-2;/h16H,1,7-11H2,2-5H3;3*1,3-4H2,2H3;. The zero-order chi connectivity index (χ0) is 23.4. The van der Waals surface area contributed by atoms with E-state index in [2.05, 4.69) is 48.5 Å². The van der Waals surface area contributed by atoms with Crippen LogP contribution in [0.3, 0.4) is 0 Å². The van der Waals surface area contributed by atoms with Gasteiger partial charge in [0.25, 0.3) is 0 Å². The quantitative estimate of drug-likeness (QED) is 0.272. The van der Waals surface area contributed by atoms with Crippen LogP contribution < -0.4 is 0 Å². The minimum atomic E-state index is -2.83. The van der Waals surface area contributed by atoms with Gasteiger partial charge in [-0.1, -0.05) is 0 Å². The molecule has 3 nitrogen and oxygen atoms in total. The summed E-state index contributed by atoms with van der Waals surface area (Å²) in [5.41, 5.74) is -1.36. The fourth-order valence-electron chi connectivity index (χ4n) is 6.07. The van der Waals surface area contributed by atoms with Crippen molar-refractivity contribution in [2.75, 3.05) is 13.2 Å². The Bertz CT molecular complexity index is 566. The molecule has 2 fully saturated rings. The monoisotopic (exact) mass is 544 g/mol. The average molecular weight is 543 g/mol. The third-order valence-corrected chi connectivity index (χ3v) is 24.6. The summed E-state index contributed by atoms with van der Waals surface area (Å²) in [4.78, 5) is 0. The Balaban J connectivity index is 2.45. The molecule has 0 bridgehead atoms. The molecule has 2 aliphatic rings. The predicted molar refractivity (Wildman–Crippen MR) is 135 cm³/mol. The molecule has 1 heterocycles. The summed E-state index contributed by atoms with van der Waals surface area (Å²) in [6.07, 6.45) is 10.2. The van der Waals surface area contributed by atoms with Crippen molar-refractivity contribution in [3.8, 4) is 0 Å². The number of hydrogen-bond acceptors (Lipinski definition) is 3. The molecule has 31 heavy (non-hydrogen) atoms. The molecule has 1 saturated carbocycles. The van der Waals surface area contributed by atoms with Gasteiger partial charge in [0.1, 0.15) is 0 Å². The molecule has 1 saturated heterocycles. The van der Waals surface area contributed by atoms with Gasteiger partial charge in [0.15, 0.2) is 0 Å².